The third-order valence-corrected chi connectivity index (χ3v) is 3.83. The third-order valence-electron chi connectivity index (χ3n) is 3.83. The fourth-order valence-electron chi connectivity index (χ4n) is 2.77. The molecule has 0 bridgehead atoms. The van der Waals surface area contributed by atoms with Crippen LogP contribution >= 0.6 is 0 Å². The number of ether oxygens (including phenoxy) is 1. The SMILES string of the molecule is COCCn1cnnc1C1(CN)CCCCC1. The number of rotatable bonds is 5. The van der Waals surface area contributed by atoms with E-state index in [2.05, 4.69) is 14.8 Å². The molecule has 2 rings (SSSR count). The normalized spacial score (nSPS) is 19.4. The van der Waals surface area contributed by atoms with Crippen molar-refractivity contribution in [2.45, 2.75) is 44.1 Å². The van der Waals surface area contributed by atoms with E-state index in [1.807, 2.05) is 0 Å². The summed E-state index contributed by atoms with van der Waals surface area (Å²) in [5, 5.41) is 8.36. The molecule has 0 atom stereocenters. The van der Waals surface area contributed by atoms with Gasteiger partial charge in [0, 0.05) is 25.6 Å². The van der Waals surface area contributed by atoms with Crippen molar-refractivity contribution < 1.29 is 4.74 Å². The number of aromatic nitrogens is 3. The summed E-state index contributed by atoms with van der Waals surface area (Å²) in [7, 11) is 1.71. The Balaban J connectivity index is 2.20. The minimum absolute atomic E-state index is 0.0441. The van der Waals surface area contributed by atoms with E-state index < -0.39 is 0 Å². The molecule has 0 saturated heterocycles. The van der Waals surface area contributed by atoms with E-state index in [-0.39, 0.29) is 5.41 Å². The molecular formula is C12H22N4O. The largest absolute Gasteiger partial charge is 0.383 e. The monoisotopic (exact) mass is 238 g/mol. The Morgan fingerprint density at radius 1 is 1.41 bits per heavy atom. The van der Waals surface area contributed by atoms with Gasteiger partial charge in [-0.3, -0.25) is 0 Å². The van der Waals surface area contributed by atoms with Crippen molar-refractivity contribution in [3.63, 3.8) is 0 Å². The van der Waals surface area contributed by atoms with Crippen molar-refractivity contribution in [1.82, 2.24) is 14.8 Å². The van der Waals surface area contributed by atoms with Crippen LogP contribution < -0.4 is 5.73 Å². The number of nitrogens with two attached hydrogens (primary N) is 1. The van der Waals surface area contributed by atoms with Gasteiger partial charge < -0.3 is 15.0 Å². The number of methoxy groups -OCH3 is 1. The van der Waals surface area contributed by atoms with Crippen LogP contribution in [0.15, 0.2) is 6.33 Å². The maximum absolute atomic E-state index is 6.01. The smallest absolute Gasteiger partial charge is 0.140 e. The van der Waals surface area contributed by atoms with Crippen molar-refractivity contribution in [2.75, 3.05) is 20.3 Å². The minimum Gasteiger partial charge on any atom is -0.383 e. The molecule has 0 aromatic carbocycles. The fraction of sp³-hybridized carbons (Fsp3) is 0.833. The second kappa shape index (κ2) is 5.60. The molecule has 0 spiro atoms. The van der Waals surface area contributed by atoms with Crippen molar-refractivity contribution in [2.24, 2.45) is 5.73 Å². The van der Waals surface area contributed by atoms with Gasteiger partial charge in [0.15, 0.2) is 0 Å². The highest BCUT2D eigenvalue weighted by atomic mass is 16.5. The van der Waals surface area contributed by atoms with Gasteiger partial charge in [0.05, 0.1) is 6.61 Å². The van der Waals surface area contributed by atoms with Crippen LogP contribution in [-0.2, 0) is 16.7 Å². The van der Waals surface area contributed by atoms with Gasteiger partial charge in [-0.25, -0.2) is 0 Å². The summed E-state index contributed by atoms with van der Waals surface area (Å²) in [4.78, 5) is 0. The molecule has 1 saturated carbocycles. The van der Waals surface area contributed by atoms with E-state index in [1.165, 1.54) is 19.3 Å². The number of hydrogen-bond acceptors (Lipinski definition) is 4. The molecule has 2 N–H and O–H groups in total. The molecule has 1 aliphatic carbocycles. The summed E-state index contributed by atoms with van der Waals surface area (Å²) in [5.41, 5.74) is 6.06. The Labute approximate surface area is 102 Å². The summed E-state index contributed by atoms with van der Waals surface area (Å²) in [5.74, 6) is 1.05. The highest BCUT2D eigenvalue weighted by Crippen LogP contribution is 2.37. The molecule has 1 fully saturated rings. The molecule has 0 unspecified atom stereocenters. The maximum Gasteiger partial charge on any atom is 0.140 e. The predicted molar refractivity (Wildman–Crippen MR) is 65.7 cm³/mol. The molecule has 0 radical (unpaired) electrons. The van der Waals surface area contributed by atoms with Gasteiger partial charge in [-0.1, -0.05) is 19.3 Å². The molecule has 5 nitrogen and oxygen atoms in total. The molecule has 1 aromatic rings. The highest BCUT2D eigenvalue weighted by Gasteiger charge is 2.36. The zero-order valence-electron chi connectivity index (χ0n) is 10.6. The predicted octanol–water partition coefficient (Wildman–Crippen LogP) is 1.09. The van der Waals surface area contributed by atoms with Gasteiger partial charge in [0.1, 0.15) is 12.2 Å². The molecule has 0 aliphatic heterocycles. The molecule has 0 amide bonds. The van der Waals surface area contributed by atoms with Crippen LogP contribution in [0.2, 0.25) is 0 Å². The van der Waals surface area contributed by atoms with Crippen LogP contribution in [0.3, 0.4) is 0 Å². The quantitative estimate of drug-likeness (QED) is 0.833. The van der Waals surface area contributed by atoms with E-state index in [1.54, 1.807) is 13.4 Å². The highest BCUT2D eigenvalue weighted by molar-refractivity contribution is 5.10. The lowest BCUT2D eigenvalue weighted by atomic mass is 9.73. The maximum atomic E-state index is 6.01. The zero-order chi connectivity index (χ0) is 12.1. The first kappa shape index (κ1) is 12.5. The van der Waals surface area contributed by atoms with E-state index in [0.29, 0.717) is 13.2 Å². The van der Waals surface area contributed by atoms with E-state index in [4.69, 9.17) is 10.5 Å². The molecule has 17 heavy (non-hydrogen) atoms. The first-order chi connectivity index (χ1) is 8.32. The Bertz CT molecular complexity index is 344. The van der Waals surface area contributed by atoms with Crippen LogP contribution in [0.4, 0.5) is 0 Å². The van der Waals surface area contributed by atoms with Crippen LogP contribution in [0.5, 0.6) is 0 Å². The van der Waals surface area contributed by atoms with Crippen molar-refractivity contribution in [1.29, 1.82) is 0 Å². The molecule has 1 aromatic heterocycles. The van der Waals surface area contributed by atoms with Gasteiger partial charge in [-0.15, -0.1) is 10.2 Å². The molecule has 1 aliphatic rings. The van der Waals surface area contributed by atoms with E-state index in [0.717, 1.165) is 25.2 Å². The van der Waals surface area contributed by atoms with Gasteiger partial charge in [0.2, 0.25) is 0 Å². The fourth-order valence-corrected chi connectivity index (χ4v) is 2.77. The topological polar surface area (TPSA) is 66.0 Å². The second-order valence-electron chi connectivity index (χ2n) is 4.89. The van der Waals surface area contributed by atoms with Crippen LogP contribution in [0.25, 0.3) is 0 Å². The third kappa shape index (κ3) is 2.50. The lowest BCUT2D eigenvalue weighted by Gasteiger charge is -2.35. The average Bonchev–Trinajstić information content (AvgIpc) is 2.86. The Morgan fingerprint density at radius 3 is 2.82 bits per heavy atom. The molecule has 1 heterocycles. The average molecular weight is 238 g/mol. The van der Waals surface area contributed by atoms with Crippen molar-refractivity contribution in [3.05, 3.63) is 12.2 Å². The number of nitrogens with zero attached hydrogens (tertiary/aromatic N) is 3. The summed E-state index contributed by atoms with van der Waals surface area (Å²) in [6.45, 7) is 2.16. The summed E-state index contributed by atoms with van der Waals surface area (Å²) >= 11 is 0. The number of hydrogen-bond donors (Lipinski definition) is 1. The standard InChI is InChI=1S/C12H22N4O/c1-17-8-7-16-10-14-15-11(16)12(9-13)5-3-2-4-6-12/h10H,2-9,13H2,1H3. The van der Waals surface area contributed by atoms with E-state index >= 15 is 0 Å². The summed E-state index contributed by atoms with van der Waals surface area (Å²) in [6, 6.07) is 0. The van der Waals surface area contributed by atoms with Crippen molar-refractivity contribution >= 4 is 0 Å². The lowest BCUT2D eigenvalue weighted by molar-refractivity contribution is 0.182. The van der Waals surface area contributed by atoms with Gasteiger partial charge >= 0.3 is 0 Å². The molecule has 96 valence electrons. The van der Waals surface area contributed by atoms with Crippen LogP contribution in [-0.4, -0.2) is 35.0 Å². The minimum atomic E-state index is 0.0441. The molecular weight excluding hydrogens is 216 g/mol. The Hall–Kier alpha value is -0.940. The Morgan fingerprint density at radius 2 is 2.18 bits per heavy atom. The zero-order valence-corrected chi connectivity index (χ0v) is 10.6. The van der Waals surface area contributed by atoms with Gasteiger partial charge in [-0.05, 0) is 12.8 Å². The Kier molecular flexibility index (Phi) is 4.12. The van der Waals surface area contributed by atoms with Gasteiger partial charge in [-0.2, -0.15) is 0 Å². The summed E-state index contributed by atoms with van der Waals surface area (Å²) < 4.78 is 7.22. The first-order valence-electron chi connectivity index (χ1n) is 6.40. The second-order valence-corrected chi connectivity index (χ2v) is 4.89. The van der Waals surface area contributed by atoms with Crippen LogP contribution in [0, 0.1) is 0 Å². The lowest BCUT2D eigenvalue weighted by Crippen LogP contribution is -2.40. The van der Waals surface area contributed by atoms with Gasteiger partial charge in [0.25, 0.3) is 0 Å². The van der Waals surface area contributed by atoms with Crippen molar-refractivity contribution in [3.8, 4) is 0 Å². The van der Waals surface area contributed by atoms with E-state index in [9.17, 15) is 0 Å². The summed E-state index contributed by atoms with van der Waals surface area (Å²) in [6.07, 6.45) is 7.86. The van der Waals surface area contributed by atoms with Crippen LogP contribution in [0.1, 0.15) is 37.9 Å². The molecule has 5 heteroatoms. The first-order valence-corrected chi connectivity index (χ1v) is 6.40.